The Morgan fingerprint density at radius 3 is 2.69 bits per heavy atom. The first-order valence-corrected chi connectivity index (χ1v) is 5.45. The van der Waals surface area contributed by atoms with Crippen LogP contribution < -0.4 is 0 Å². The minimum Gasteiger partial charge on any atom is -0.281 e. The van der Waals surface area contributed by atoms with Crippen molar-refractivity contribution < 1.29 is 0 Å². The van der Waals surface area contributed by atoms with Gasteiger partial charge in [-0.1, -0.05) is 32.4 Å². The maximum absolute atomic E-state index is 6.05. The molecule has 0 aliphatic rings. The van der Waals surface area contributed by atoms with Crippen LogP contribution in [-0.2, 0) is 5.41 Å². The van der Waals surface area contributed by atoms with E-state index >= 15 is 0 Å². The fourth-order valence-corrected chi connectivity index (χ4v) is 1.52. The molecule has 3 nitrogen and oxygen atoms in total. The maximum Gasteiger partial charge on any atom is 0.120 e. The zero-order chi connectivity index (χ0) is 11.8. The van der Waals surface area contributed by atoms with Crippen LogP contribution >= 0.6 is 11.6 Å². The molecular weight excluding hydrogens is 222 g/mol. The Morgan fingerprint density at radius 2 is 2.12 bits per heavy atom. The van der Waals surface area contributed by atoms with Crippen molar-refractivity contribution in [2.45, 2.75) is 26.2 Å². The minimum absolute atomic E-state index is 0.00743. The first-order chi connectivity index (χ1) is 7.48. The highest BCUT2D eigenvalue weighted by molar-refractivity contribution is 6.32. The van der Waals surface area contributed by atoms with E-state index in [1.165, 1.54) is 0 Å². The highest BCUT2D eigenvalue weighted by atomic mass is 35.5. The Balaban J connectivity index is 2.44. The molecule has 0 atom stereocenters. The van der Waals surface area contributed by atoms with Gasteiger partial charge in [0.15, 0.2) is 0 Å². The van der Waals surface area contributed by atoms with Gasteiger partial charge in [0.05, 0.1) is 5.02 Å². The molecule has 83 valence electrons. The van der Waals surface area contributed by atoms with Crippen LogP contribution in [0.2, 0.25) is 5.02 Å². The number of nitrogens with one attached hydrogen (secondary N) is 1. The van der Waals surface area contributed by atoms with Crippen LogP contribution in [0.1, 0.15) is 26.5 Å². The second-order valence-electron chi connectivity index (χ2n) is 4.66. The highest BCUT2D eigenvalue weighted by Gasteiger charge is 2.18. The first kappa shape index (κ1) is 11.1. The van der Waals surface area contributed by atoms with Gasteiger partial charge in [-0.3, -0.25) is 10.1 Å². The summed E-state index contributed by atoms with van der Waals surface area (Å²) in [6.45, 7) is 6.29. The third-order valence-electron chi connectivity index (χ3n) is 2.26. The summed E-state index contributed by atoms with van der Waals surface area (Å²) >= 11 is 6.05. The number of pyridine rings is 1. The molecule has 0 aromatic carbocycles. The molecular formula is C12H13ClN3. The van der Waals surface area contributed by atoms with Crippen LogP contribution in [0.3, 0.4) is 0 Å². The Hall–Kier alpha value is -1.35. The van der Waals surface area contributed by atoms with Crippen molar-refractivity contribution >= 4 is 11.6 Å². The third kappa shape index (κ3) is 2.09. The Morgan fingerprint density at radius 1 is 1.38 bits per heavy atom. The van der Waals surface area contributed by atoms with E-state index in [9.17, 15) is 0 Å². The quantitative estimate of drug-likeness (QED) is 0.823. The predicted molar refractivity (Wildman–Crippen MR) is 64.4 cm³/mol. The van der Waals surface area contributed by atoms with E-state index in [4.69, 9.17) is 11.6 Å². The molecule has 1 radical (unpaired) electrons. The first-order valence-electron chi connectivity index (χ1n) is 5.07. The van der Waals surface area contributed by atoms with Crippen LogP contribution in [0.25, 0.3) is 11.4 Å². The second kappa shape index (κ2) is 3.91. The molecule has 2 heterocycles. The lowest BCUT2D eigenvalue weighted by molar-refractivity contribution is 0.566. The summed E-state index contributed by atoms with van der Waals surface area (Å²) in [5, 5.41) is 7.74. The summed E-state index contributed by atoms with van der Waals surface area (Å²) in [5.41, 5.74) is 2.27. The van der Waals surface area contributed by atoms with Crippen LogP contribution in [-0.4, -0.2) is 15.2 Å². The summed E-state index contributed by atoms with van der Waals surface area (Å²) in [7, 11) is 0. The van der Waals surface area contributed by atoms with Gasteiger partial charge in [-0.15, -0.1) is 0 Å². The van der Waals surface area contributed by atoms with Gasteiger partial charge >= 0.3 is 0 Å². The monoisotopic (exact) mass is 234 g/mol. The molecule has 2 rings (SSSR count). The van der Waals surface area contributed by atoms with Crippen molar-refractivity contribution in [3.63, 3.8) is 0 Å². The third-order valence-corrected chi connectivity index (χ3v) is 2.56. The van der Waals surface area contributed by atoms with Gasteiger partial charge in [0.2, 0.25) is 0 Å². The van der Waals surface area contributed by atoms with E-state index in [0.29, 0.717) is 16.4 Å². The summed E-state index contributed by atoms with van der Waals surface area (Å²) < 4.78 is 0. The fourth-order valence-electron chi connectivity index (χ4n) is 1.31. The lowest BCUT2D eigenvalue weighted by Crippen LogP contribution is -2.11. The van der Waals surface area contributed by atoms with Crippen LogP contribution in [0.4, 0.5) is 0 Å². The van der Waals surface area contributed by atoms with Gasteiger partial charge in [-0.2, -0.15) is 5.10 Å². The van der Waals surface area contributed by atoms with E-state index in [0.717, 1.165) is 5.69 Å². The van der Waals surface area contributed by atoms with E-state index in [2.05, 4.69) is 42.0 Å². The smallest absolute Gasteiger partial charge is 0.120 e. The second-order valence-corrected chi connectivity index (χ2v) is 5.06. The molecule has 0 amide bonds. The Labute approximate surface area is 99.9 Å². The van der Waals surface area contributed by atoms with Crippen LogP contribution in [0.15, 0.2) is 18.3 Å². The summed E-state index contributed by atoms with van der Waals surface area (Å²) in [6, 6.07) is 6.79. The van der Waals surface area contributed by atoms with Crippen molar-refractivity contribution in [2.24, 2.45) is 0 Å². The molecule has 0 unspecified atom stereocenters. The number of nitrogens with zero attached hydrogens (tertiary/aromatic N) is 2. The number of aromatic amines is 1. The average molecular weight is 235 g/mol. The van der Waals surface area contributed by atoms with Gasteiger partial charge in [-0.25, -0.2) is 0 Å². The molecule has 0 aliphatic heterocycles. The van der Waals surface area contributed by atoms with Gasteiger partial charge < -0.3 is 0 Å². The molecule has 0 saturated heterocycles. The van der Waals surface area contributed by atoms with Crippen molar-refractivity contribution in [2.75, 3.05) is 0 Å². The lowest BCUT2D eigenvalue weighted by Gasteiger charge is -2.14. The molecule has 4 heteroatoms. The normalized spacial score (nSPS) is 11.8. The van der Waals surface area contributed by atoms with Gasteiger partial charge in [0, 0.05) is 23.4 Å². The fraction of sp³-hybridized carbons (Fsp3) is 0.333. The minimum atomic E-state index is -0.00743. The average Bonchev–Trinajstić information content (AvgIpc) is 2.66. The number of aromatic nitrogens is 3. The van der Waals surface area contributed by atoms with E-state index in [-0.39, 0.29) is 5.41 Å². The SMILES string of the molecule is CC(C)(C)c1[c]c(-c2ncccc2Cl)n[nH]1. The standard InChI is InChI=1S/C12H13ClN3/c1-12(2,3)10-7-9(15-16-10)11-8(13)5-4-6-14-11/h4-6H,1-3H3,(H,15,16). The van der Waals surface area contributed by atoms with Gasteiger partial charge in [-0.05, 0) is 12.1 Å². The summed E-state index contributed by atoms with van der Waals surface area (Å²) in [4.78, 5) is 4.20. The molecule has 0 fully saturated rings. The van der Waals surface area contributed by atoms with Crippen LogP contribution in [0, 0.1) is 6.07 Å². The van der Waals surface area contributed by atoms with E-state index in [1.54, 1.807) is 18.3 Å². The molecule has 16 heavy (non-hydrogen) atoms. The zero-order valence-electron chi connectivity index (χ0n) is 9.50. The van der Waals surface area contributed by atoms with Gasteiger partial charge in [0.1, 0.15) is 11.4 Å². The van der Waals surface area contributed by atoms with E-state index in [1.807, 2.05) is 0 Å². The van der Waals surface area contributed by atoms with Crippen molar-refractivity contribution in [3.8, 4) is 11.4 Å². The van der Waals surface area contributed by atoms with Crippen molar-refractivity contribution in [1.29, 1.82) is 0 Å². The molecule has 0 spiro atoms. The lowest BCUT2D eigenvalue weighted by atomic mass is 9.92. The van der Waals surface area contributed by atoms with Crippen LogP contribution in [0.5, 0.6) is 0 Å². The number of rotatable bonds is 1. The predicted octanol–water partition coefficient (Wildman–Crippen LogP) is 3.22. The Bertz CT molecular complexity index is 497. The molecule has 0 aliphatic carbocycles. The highest BCUT2D eigenvalue weighted by Crippen LogP contribution is 2.27. The van der Waals surface area contributed by atoms with Crippen molar-refractivity contribution in [3.05, 3.63) is 35.1 Å². The maximum atomic E-state index is 6.05. The molecule has 0 bridgehead atoms. The molecule has 1 N–H and O–H groups in total. The van der Waals surface area contributed by atoms with Crippen molar-refractivity contribution in [1.82, 2.24) is 15.2 Å². The molecule has 2 aromatic rings. The number of hydrogen-bond donors (Lipinski definition) is 1. The number of halogens is 1. The largest absolute Gasteiger partial charge is 0.281 e. The van der Waals surface area contributed by atoms with E-state index < -0.39 is 0 Å². The Kier molecular flexibility index (Phi) is 2.72. The number of hydrogen-bond acceptors (Lipinski definition) is 2. The molecule has 0 saturated carbocycles. The topological polar surface area (TPSA) is 41.6 Å². The zero-order valence-corrected chi connectivity index (χ0v) is 10.3. The van der Waals surface area contributed by atoms with Gasteiger partial charge in [0.25, 0.3) is 0 Å². The summed E-state index contributed by atoms with van der Waals surface area (Å²) in [5.74, 6) is 0. The summed E-state index contributed by atoms with van der Waals surface area (Å²) in [6.07, 6.45) is 1.69. The number of H-pyrrole nitrogens is 1. The molecule has 2 aromatic heterocycles.